The Morgan fingerprint density at radius 2 is 2.07 bits per heavy atom. The van der Waals surface area contributed by atoms with Crippen LogP contribution in [0.15, 0.2) is 48.9 Å². The summed E-state index contributed by atoms with van der Waals surface area (Å²) in [6.45, 7) is 1.33. The van der Waals surface area contributed by atoms with Gasteiger partial charge in [-0.05, 0) is 12.8 Å². The number of hydrogen-bond acceptors (Lipinski definition) is 4. The molecule has 4 rings (SSSR count). The molecule has 0 saturated carbocycles. The maximum absolute atomic E-state index is 13.2. The first-order valence-electron chi connectivity index (χ1n) is 9.31. The van der Waals surface area contributed by atoms with Crippen LogP contribution in [0.25, 0.3) is 11.3 Å². The van der Waals surface area contributed by atoms with Crippen LogP contribution in [0.4, 0.5) is 0 Å². The number of rotatable bonds is 5. The zero-order valence-electron chi connectivity index (χ0n) is 15.4. The molecule has 3 aromatic rings. The van der Waals surface area contributed by atoms with Crippen molar-refractivity contribution in [2.75, 3.05) is 13.1 Å². The Kier molecular flexibility index (Phi) is 4.92. The summed E-state index contributed by atoms with van der Waals surface area (Å²) in [6, 6.07) is 9.69. The normalized spacial score (nSPS) is 16.9. The molecule has 2 aromatic heterocycles. The molecule has 2 amide bonds. The van der Waals surface area contributed by atoms with E-state index in [1.165, 1.54) is 0 Å². The van der Waals surface area contributed by atoms with Crippen molar-refractivity contribution in [3.63, 3.8) is 0 Å². The maximum atomic E-state index is 13.2. The van der Waals surface area contributed by atoms with Crippen LogP contribution >= 0.6 is 0 Å². The minimum atomic E-state index is -0.408. The second kappa shape index (κ2) is 7.67. The summed E-state index contributed by atoms with van der Waals surface area (Å²) in [6.07, 6.45) is 6.80. The number of aromatic nitrogens is 4. The van der Waals surface area contributed by atoms with Crippen LogP contribution in [-0.4, -0.2) is 49.6 Å². The first-order valence-corrected chi connectivity index (χ1v) is 9.31. The van der Waals surface area contributed by atoms with Gasteiger partial charge < -0.3 is 15.2 Å². The largest absolute Gasteiger partial charge is 0.368 e. The summed E-state index contributed by atoms with van der Waals surface area (Å²) in [4.78, 5) is 30.8. The van der Waals surface area contributed by atoms with Crippen molar-refractivity contribution in [1.29, 1.82) is 0 Å². The van der Waals surface area contributed by atoms with Crippen molar-refractivity contribution in [1.82, 2.24) is 24.6 Å². The third-order valence-electron chi connectivity index (χ3n) is 5.08. The van der Waals surface area contributed by atoms with Crippen molar-refractivity contribution < 1.29 is 9.59 Å². The van der Waals surface area contributed by atoms with Gasteiger partial charge in [-0.3, -0.25) is 14.7 Å². The van der Waals surface area contributed by atoms with Crippen LogP contribution < -0.4 is 5.73 Å². The third kappa shape index (κ3) is 3.53. The van der Waals surface area contributed by atoms with E-state index in [2.05, 4.69) is 15.2 Å². The van der Waals surface area contributed by atoms with Crippen LogP contribution in [0.5, 0.6) is 0 Å². The summed E-state index contributed by atoms with van der Waals surface area (Å²) >= 11 is 0. The van der Waals surface area contributed by atoms with Gasteiger partial charge >= 0.3 is 0 Å². The van der Waals surface area contributed by atoms with E-state index in [0.717, 1.165) is 29.9 Å². The molecule has 3 heterocycles. The van der Waals surface area contributed by atoms with E-state index in [0.29, 0.717) is 18.7 Å². The Morgan fingerprint density at radius 1 is 1.25 bits per heavy atom. The zero-order valence-corrected chi connectivity index (χ0v) is 15.4. The van der Waals surface area contributed by atoms with E-state index < -0.39 is 5.91 Å². The number of hydrogen-bond donors (Lipinski definition) is 2. The molecule has 0 spiro atoms. The van der Waals surface area contributed by atoms with E-state index in [-0.39, 0.29) is 18.4 Å². The van der Waals surface area contributed by atoms with Crippen LogP contribution in [0, 0.1) is 0 Å². The topological polar surface area (TPSA) is 110 Å². The number of imidazole rings is 1. The Bertz CT molecular complexity index is 978. The van der Waals surface area contributed by atoms with Crippen LogP contribution in [0.3, 0.4) is 0 Å². The Morgan fingerprint density at radius 3 is 2.86 bits per heavy atom. The highest BCUT2D eigenvalue weighted by Crippen LogP contribution is 2.28. The average molecular weight is 378 g/mol. The number of primary amides is 1. The van der Waals surface area contributed by atoms with Gasteiger partial charge in [0.2, 0.25) is 5.91 Å². The summed E-state index contributed by atoms with van der Waals surface area (Å²) in [5.41, 5.74) is 7.54. The maximum Gasteiger partial charge on any atom is 0.257 e. The highest BCUT2D eigenvalue weighted by molar-refractivity contribution is 5.99. The minimum absolute atomic E-state index is 0.0506. The predicted molar refractivity (Wildman–Crippen MR) is 103 cm³/mol. The Labute approximate surface area is 162 Å². The fourth-order valence-corrected chi connectivity index (χ4v) is 3.80. The van der Waals surface area contributed by atoms with Gasteiger partial charge in [-0.1, -0.05) is 30.3 Å². The van der Waals surface area contributed by atoms with Gasteiger partial charge in [-0.25, -0.2) is 4.98 Å². The molecule has 8 heteroatoms. The number of nitrogens with two attached hydrogens (primary N) is 1. The van der Waals surface area contributed by atoms with Crippen molar-refractivity contribution in [2.45, 2.75) is 25.3 Å². The van der Waals surface area contributed by atoms with E-state index in [4.69, 9.17) is 5.73 Å². The molecule has 0 radical (unpaired) electrons. The van der Waals surface area contributed by atoms with E-state index in [9.17, 15) is 9.59 Å². The lowest BCUT2D eigenvalue weighted by Gasteiger charge is -2.32. The van der Waals surface area contributed by atoms with Gasteiger partial charge in [0.1, 0.15) is 12.4 Å². The second-order valence-electron chi connectivity index (χ2n) is 6.99. The van der Waals surface area contributed by atoms with Crippen LogP contribution in [-0.2, 0) is 11.3 Å². The quantitative estimate of drug-likeness (QED) is 0.705. The summed E-state index contributed by atoms with van der Waals surface area (Å²) in [5.74, 6) is 0.408. The number of aromatic amines is 1. The van der Waals surface area contributed by atoms with Crippen molar-refractivity contribution in [3.05, 3.63) is 60.3 Å². The van der Waals surface area contributed by atoms with Gasteiger partial charge in [0.05, 0.1) is 17.5 Å². The van der Waals surface area contributed by atoms with Gasteiger partial charge in [0.15, 0.2) is 0 Å². The van der Waals surface area contributed by atoms with E-state index in [1.807, 2.05) is 35.2 Å². The molecule has 1 aliphatic heterocycles. The van der Waals surface area contributed by atoms with E-state index in [1.54, 1.807) is 23.2 Å². The summed E-state index contributed by atoms with van der Waals surface area (Å²) in [5, 5.41) is 7.04. The summed E-state index contributed by atoms with van der Waals surface area (Å²) in [7, 11) is 0. The van der Waals surface area contributed by atoms with Crippen LogP contribution in [0.2, 0.25) is 0 Å². The molecule has 1 aromatic carbocycles. The lowest BCUT2D eigenvalue weighted by atomic mass is 9.96. The SMILES string of the molecule is NC(=O)Cn1ccnc1[C@@H]1CCCN(C(=O)c2cn[nH]c2-c2ccccc2)C1. The van der Waals surface area contributed by atoms with Crippen LogP contribution in [0.1, 0.15) is 34.9 Å². The lowest BCUT2D eigenvalue weighted by Crippen LogP contribution is -2.40. The minimum Gasteiger partial charge on any atom is -0.368 e. The molecule has 28 heavy (non-hydrogen) atoms. The lowest BCUT2D eigenvalue weighted by molar-refractivity contribution is -0.118. The smallest absolute Gasteiger partial charge is 0.257 e. The Balaban J connectivity index is 1.55. The first-order chi connectivity index (χ1) is 13.6. The number of carbonyl (C=O) groups excluding carboxylic acids is 2. The molecule has 0 bridgehead atoms. The molecule has 1 saturated heterocycles. The monoisotopic (exact) mass is 378 g/mol. The number of nitrogens with one attached hydrogen (secondary N) is 1. The number of likely N-dealkylation sites (tertiary alicyclic amines) is 1. The van der Waals surface area contributed by atoms with Crippen molar-refractivity contribution >= 4 is 11.8 Å². The molecular formula is C20H22N6O2. The molecule has 1 fully saturated rings. The molecule has 144 valence electrons. The molecule has 1 atom stereocenters. The first kappa shape index (κ1) is 18.0. The number of carbonyl (C=O) groups is 2. The highest BCUT2D eigenvalue weighted by atomic mass is 16.2. The third-order valence-corrected chi connectivity index (χ3v) is 5.08. The molecule has 1 aliphatic rings. The molecule has 8 nitrogen and oxygen atoms in total. The number of amides is 2. The van der Waals surface area contributed by atoms with E-state index >= 15 is 0 Å². The van der Waals surface area contributed by atoms with Crippen molar-refractivity contribution in [3.8, 4) is 11.3 Å². The average Bonchev–Trinajstić information content (AvgIpc) is 3.37. The molecule has 0 aliphatic carbocycles. The molecule has 0 unspecified atom stereocenters. The van der Waals surface area contributed by atoms with Crippen molar-refractivity contribution in [2.24, 2.45) is 5.73 Å². The fraction of sp³-hybridized carbons (Fsp3) is 0.300. The fourth-order valence-electron chi connectivity index (χ4n) is 3.80. The summed E-state index contributed by atoms with van der Waals surface area (Å²) < 4.78 is 1.77. The van der Waals surface area contributed by atoms with Gasteiger partial charge in [0.25, 0.3) is 5.91 Å². The van der Waals surface area contributed by atoms with Gasteiger partial charge in [-0.2, -0.15) is 5.10 Å². The predicted octanol–water partition coefficient (Wildman–Crippen LogP) is 1.78. The zero-order chi connectivity index (χ0) is 19.5. The molecular weight excluding hydrogens is 356 g/mol. The van der Waals surface area contributed by atoms with Gasteiger partial charge in [0, 0.05) is 37.0 Å². The number of benzene rings is 1. The Hall–Kier alpha value is -3.42. The standard InChI is InChI=1S/C20H22N6O2/c21-17(27)13-25-10-8-22-19(25)15-7-4-9-26(12-15)20(28)16-11-23-24-18(16)14-5-2-1-3-6-14/h1-3,5-6,8,10-11,15H,4,7,9,12-13H2,(H2,21,27)(H,23,24)/t15-/m1/s1. The molecule has 3 N–H and O–H groups in total. The second-order valence-corrected chi connectivity index (χ2v) is 6.99. The number of H-pyrrole nitrogens is 1. The van der Waals surface area contributed by atoms with Gasteiger partial charge in [-0.15, -0.1) is 0 Å². The highest BCUT2D eigenvalue weighted by Gasteiger charge is 2.29. The number of nitrogens with zero attached hydrogens (tertiary/aromatic N) is 4. The number of piperidine rings is 1.